The number of carbonyl (C=O) groups excluding carboxylic acids is 2. The summed E-state index contributed by atoms with van der Waals surface area (Å²) in [6, 6.07) is 9.74. The number of fused-ring (bicyclic) bond motifs is 1. The van der Waals surface area contributed by atoms with Crippen molar-refractivity contribution in [1.29, 1.82) is 0 Å². The Kier molecular flexibility index (Phi) is 5.37. The molecule has 154 valence electrons. The Morgan fingerprint density at radius 1 is 1.20 bits per heavy atom. The zero-order valence-electron chi connectivity index (χ0n) is 16.1. The van der Waals surface area contributed by atoms with E-state index in [-0.39, 0.29) is 36.0 Å². The zero-order valence-corrected chi connectivity index (χ0v) is 16.8. The zero-order chi connectivity index (χ0) is 21.3. The van der Waals surface area contributed by atoms with E-state index in [4.69, 9.17) is 16.3 Å². The number of rotatable bonds is 4. The Morgan fingerprint density at radius 3 is 2.63 bits per heavy atom. The average molecular weight is 428 g/mol. The van der Waals surface area contributed by atoms with E-state index in [9.17, 15) is 14.4 Å². The minimum absolute atomic E-state index is 0.126. The van der Waals surface area contributed by atoms with Crippen LogP contribution in [0.3, 0.4) is 0 Å². The second-order valence-corrected chi connectivity index (χ2v) is 7.10. The van der Waals surface area contributed by atoms with E-state index in [1.54, 1.807) is 28.6 Å². The lowest BCUT2D eigenvalue weighted by atomic mass is 10.0. The van der Waals surface area contributed by atoms with Gasteiger partial charge in [-0.25, -0.2) is 14.6 Å². The van der Waals surface area contributed by atoms with E-state index in [0.717, 1.165) is 11.4 Å². The molecule has 3 heterocycles. The lowest BCUT2D eigenvalue weighted by molar-refractivity contribution is 0.0513. The monoisotopic (exact) mass is 427 g/mol. The van der Waals surface area contributed by atoms with Gasteiger partial charge in [-0.2, -0.15) is 10.2 Å². The summed E-state index contributed by atoms with van der Waals surface area (Å²) in [4.78, 5) is 38.1. The highest BCUT2D eigenvalue weighted by atomic mass is 35.5. The molecule has 0 atom stereocenters. The number of hydrogen-bond donors (Lipinski definition) is 1. The molecule has 1 N–H and O–H groups in total. The van der Waals surface area contributed by atoms with Gasteiger partial charge < -0.3 is 9.64 Å². The van der Waals surface area contributed by atoms with Gasteiger partial charge in [0.25, 0.3) is 11.5 Å². The summed E-state index contributed by atoms with van der Waals surface area (Å²) >= 11 is 5.99. The van der Waals surface area contributed by atoms with Gasteiger partial charge in [0.05, 0.1) is 24.5 Å². The standard InChI is InChI=1S/C20H18ClN5O4/c1-2-30-20(29)18-14-11-25(19(28)15-7-8-17(27)23-22-15)10-9-16(14)26(24-18)13-5-3-12(21)4-6-13/h3-8H,2,9-11H2,1H3,(H,23,27). The van der Waals surface area contributed by atoms with E-state index in [1.165, 1.54) is 12.1 Å². The number of nitrogens with zero attached hydrogens (tertiary/aromatic N) is 4. The Hall–Kier alpha value is -3.46. The molecule has 0 aliphatic carbocycles. The molecule has 1 aromatic carbocycles. The first-order valence-corrected chi connectivity index (χ1v) is 9.74. The number of aromatic nitrogens is 4. The first kappa shape index (κ1) is 19.8. The van der Waals surface area contributed by atoms with Crippen molar-refractivity contribution in [1.82, 2.24) is 24.9 Å². The van der Waals surface area contributed by atoms with E-state index < -0.39 is 5.97 Å². The maximum atomic E-state index is 12.8. The third-order valence-corrected chi connectivity index (χ3v) is 5.03. The molecule has 3 aromatic rings. The molecule has 1 aliphatic heterocycles. The van der Waals surface area contributed by atoms with Crippen molar-refractivity contribution in [3.8, 4) is 5.69 Å². The normalized spacial score (nSPS) is 13.1. The number of ether oxygens (including phenoxy) is 1. The molecule has 1 aliphatic rings. The lowest BCUT2D eigenvalue weighted by Gasteiger charge is -2.27. The molecule has 10 heteroatoms. The van der Waals surface area contributed by atoms with Gasteiger partial charge in [0, 0.05) is 29.6 Å². The van der Waals surface area contributed by atoms with E-state index in [0.29, 0.717) is 23.6 Å². The van der Waals surface area contributed by atoms with Crippen LogP contribution in [0.4, 0.5) is 0 Å². The van der Waals surface area contributed by atoms with Crippen LogP contribution in [-0.4, -0.2) is 49.9 Å². The molecule has 0 spiro atoms. The second kappa shape index (κ2) is 8.11. The summed E-state index contributed by atoms with van der Waals surface area (Å²) in [6.45, 7) is 2.52. The van der Waals surface area contributed by atoms with Crippen molar-refractivity contribution in [2.24, 2.45) is 0 Å². The number of halogens is 1. The molecular formula is C20H18ClN5O4. The summed E-state index contributed by atoms with van der Waals surface area (Å²) in [5.74, 6) is -0.885. The van der Waals surface area contributed by atoms with Crippen molar-refractivity contribution in [2.45, 2.75) is 19.9 Å². The number of H-pyrrole nitrogens is 1. The molecule has 0 fully saturated rings. The SMILES string of the molecule is CCOC(=O)c1nn(-c2ccc(Cl)cc2)c2c1CN(C(=O)c1ccc(=O)[nH]n1)CC2. The minimum atomic E-state index is -0.544. The first-order chi connectivity index (χ1) is 14.5. The summed E-state index contributed by atoms with van der Waals surface area (Å²) in [6.07, 6.45) is 0.486. The summed E-state index contributed by atoms with van der Waals surface area (Å²) in [7, 11) is 0. The van der Waals surface area contributed by atoms with Crippen molar-refractivity contribution in [3.63, 3.8) is 0 Å². The topological polar surface area (TPSA) is 110 Å². The summed E-state index contributed by atoms with van der Waals surface area (Å²) in [5.41, 5.74) is 2.13. The van der Waals surface area contributed by atoms with Gasteiger partial charge in [-0.05, 0) is 37.3 Å². The van der Waals surface area contributed by atoms with Crippen molar-refractivity contribution < 1.29 is 14.3 Å². The van der Waals surface area contributed by atoms with E-state index >= 15 is 0 Å². The quantitative estimate of drug-likeness (QED) is 0.637. The van der Waals surface area contributed by atoms with Crippen LogP contribution < -0.4 is 5.56 Å². The molecular weight excluding hydrogens is 410 g/mol. The predicted molar refractivity (Wildman–Crippen MR) is 108 cm³/mol. The van der Waals surface area contributed by atoms with Gasteiger partial charge in [0.1, 0.15) is 5.69 Å². The summed E-state index contributed by atoms with van der Waals surface area (Å²) in [5, 5.41) is 11.1. The third-order valence-electron chi connectivity index (χ3n) is 4.78. The summed E-state index contributed by atoms with van der Waals surface area (Å²) < 4.78 is 6.86. The van der Waals surface area contributed by atoms with Gasteiger partial charge in [-0.1, -0.05) is 11.6 Å². The highest BCUT2D eigenvalue weighted by Gasteiger charge is 2.32. The fraction of sp³-hybridized carbons (Fsp3) is 0.250. The highest BCUT2D eigenvalue weighted by molar-refractivity contribution is 6.30. The minimum Gasteiger partial charge on any atom is -0.461 e. The molecule has 1 amide bonds. The van der Waals surface area contributed by atoms with Crippen LogP contribution in [0, 0.1) is 0 Å². The van der Waals surface area contributed by atoms with Gasteiger partial charge in [-0.15, -0.1) is 0 Å². The van der Waals surface area contributed by atoms with Gasteiger partial charge >= 0.3 is 5.97 Å². The van der Waals surface area contributed by atoms with Crippen LogP contribution in [-0.2, 0) is 17.7 Å². The van der Waals surface area contributed by atoms with E-state index in [2.05, 4.69) is 15.3 Å². The number of aromatic amines is 1. The van der Waals surface area contributed by atoms with Gasteiger partial charge in [-0.3, -0.25) is 9.59 Å². The molecule has 2 aromatic heterocycles. The fourth-order valence-corrected chi connectivity index (χ4v) is 3.50. The number of benzene rings is 1. The highest BCUT2D eigenvalue weighted by Crippen LogP contribution is 2.27. The third kappa shape index (κ3) is 3.71. The average Bonchev–Trinajstić information content (AvgIpc) is 3.13. The fourth-order valence-electron chi connectivity index (χ4n) is 3.38. The maximum Gasteiger partial charge on any atom is 0.359 e. The van der Waals surface area contributed by atoms with Crippen LogP contribution >= 0.6 is 11.6 Å². The van der Waals surface area contributed by atoms with E-state index in [1.807, 2.05) is 12.1 Å². The van der Waals surface area contributed by atoms with Gasteiger partial charge in [0.15, 0.2) is 5.69 Å². The van der Waals surface area contributed by atoms with Crippen LogP contribution in [0.1, 0.15) is 39.2 Å². The second-order valence-electron chi connectivity index (χ2n) is 6.67. The number of esters is 1. The van der Waals surface area contributed by atoms with Crippen LogP contribution in [0.2, 0.25) is 5.02 Å². The lowest BCUT2D eigenvalue weighted by Crippen LogP contribution is -2.37. The number of nitrogens with one attached hydrogen (secondary N) is 1. The Morgan fingerprint density at radius 2 is 1.97 bits per heavy atom. The Balaban J connectivity index is 1.71. The molecule has 0 unspecified atom stereocenters. The molecule has 4 rings (SSSR count). The number of hydrogen-bond acceptors (Lipinski definition) is 6. The van der Waals surface area contributed by atoms with Crippen molar-refractivity contribution >= 4 is 23.5 Å². The van der Waals surface area contributed by atoms with Crippen LogP contribution in [0.25, 0.3) is 5.69 Å². The molecule has 0 bridgehead atoms. The molecule has 0 saturated heterocycles. The van der Waals surface area contributed by atoms with Gasteiger partial charge in [0.2, 0.25) is 0 Å². The van der Waals surface area contributed by atoms with Crippen LogP contribution in [0.15, 0.2) is 41.2 Å². The maximum absolute atomic E-state index is 12.8. The Labute approximate surface area is 176 Å². The Bertz CT molecular complexity index is 1150. The molecule has 0 radical (unpaired) electrons. The number of carbonyl (C=O) groups is 2. The van der Waals surface area contributed by atoms with Crippen molar-refractivity contribution in [3.05, 3.63) is 74.4 Å². The molecule has 30 heavy (non-hydrogen) atoms. The first-order valence-electron chi connectivity index (χ1n) is 9.36. The van der Waals surface area contributed by atoms with Crippen molar-refractivity contribution in [2.75, 3.05) is 13.2 Å². The van der Waals surface area contributed by atoms with Crippen LogP contribution in [0.5, 0.6) is 0 Å². The predicted octanol–water partition coefficient (Wildman–Crippen LogP) is 1.98. The molecule has 0 saturated carbocycles. The largest absolute Gasteiger partial charge is 0.461 e. The smallest absolute Gasteiger partial charge is 0.359 e. The number of amides is 1. The molecule has 9 nitrogen and oxygen atoms in total.